The average molecular weight is 380 g/mol. The van der Waals surface area contributed by atoms with E-state index in [4.69, 9.17) is 17.3 Å². The van der Waals surface area contributed by atoms with Gasteiger partial charge in [0.2, 0.25) is 11.8 Å². The van der Waals surface area contributed by atoms with Crippen molar-refractivity contribution in [3.63, 3.8) is 0 Å². The zero-order valence-corrected chi connectivity index (χ0v) is 15.0. The molecule has 2 amide bonds. The van der Waals surface area contributed by atoms with Crippen molar-refractivity contribution in [3.05, 3.63) is 35.1 Å². The fraction of sp³-hybridized carbons (Fsp3) is 0.375. The summed E-state index contributed by atoms with van der Waals surface area (Å²) in [4.78, 5) is 23.2. The monoisotopic (exact) mass is 379 g/mol. The number of aromatic nitrogens is 3. The first kappa shape index (κ1) is 17.8. The molecule has 0 radical (unpaired) electrons. The van der Waals surface area contributed by atoms with E-state index in [0.717, 1.165) is 18.7 Å². The minimum atomic E-state index is -0.372. The van der Waals surface area contributed by atoms with Gasteiger partial charge in [0.05, 0.1) is 16.5 Å². The van der Waals surface area contributed by atoms with Gasteiger partial charge in [-0.2, -0.15) is 0 Å². The van der Waals surface area contributed by atoms with Crippen LogP contribution in [0.15, 0.2) is 29.4 Å². The van der Waals surface area contributed by atoms with Crippen LogP contribution in [-0.2, 0) is 16.1 Å². The molecule has 0 saturated heterocycles. The number of carbonyl (C=O) groups excluding carboxylic acids is 2. The zero-order valence-electron chi connectivity index (χ0n) is 13.4. The second kappa shape index (κ2) is 7.88. The first-order valence-electron chi connectivity index (χ1n) is 7.93. The molecule has 2 aromatic rings. The normalized spacial score (nSPS) is 13.6. The van der Waals surface area contributed by atoms with Crippen LogP contribution in [0.5, 0.6) is 0 Å². The van der Waals surface area contributed by atoms with Crippen LogP contribution in [0.4, 0.5) is 5.69 Å². The lowest BCUT2D eigenvalue weighted by Crippen LogP contribution is -2.17. The van der Waals surface area contributed by atoms with E-state index in [0.29, 0.717) is 28.3 Å². The minimum absolute atomic E-state index is 0.171. The van der Waals surface area contributed by atoms with Crippen molar-refractivity contribution >= 4 is 40.9 Å². The van der Waals surface area contributed by atoms with Crippen molar-refractivity contribution in [2.45, 2.75) is 36.9 Å². The van der Waals surface area contributed by atoms with Crippen LogP contribution in [0.25, 0.3) is 0 Å². The Hall–Kier alpha value is -2.06. The molecular formula is C16H18ClN5O2S. The molecule has 1 aliphatic carbocycles. The molecule has 9 heteroatoms. The standard InChI is InChI=1S/C16H18ClN5O2S/c17-11-3-1-2-4-12(11)19-14(24)9-25-16-21-20-15(10-5-6-10)22(16)8-7-13(18)23/h1-4,10H,5-9H2,(H2,18,23)(H,19,24). The summed E-state index contributed by atoms with van der Waals surface area (Å²) >= 11 is 7.32. The SMILES string of the molecule is NC(=O)CCn1c(SCC(=O)Nc2ccccc2Cl)nnc1C1CC1. The predicted octanol–water partition coefficient (Wildman–Crippen LogP) is 2.42. The van der Waals surface area contributed by atoms with Crippen molar-refractivity contribution in [2.75, 3.05) is 11.1 Å². The van der Waals surface area contributed by atoms with Gasteiger partial charge >= 0.3 is 0 Å². The number of thioether (sulfide) groups is 1. The number of halogens is 1. The van der Waals surface area contributed by atoms with Crippen LogP contribution in [0.1, 0.15) is 31.0 Å². The molecule has 0 spiro atoms. The van der Waals surface area contributed by atoms with E-state index >= 15 is 0 Å². The summed E-state index contributed by atoms with van der Waals surface area (Å²) in [6.45, 7) is 0.433. The van der Waals surface area contributed by atoms with Crippen molar-refractivity contribution < 1.29 is 9.59 Å². The molecule has 1 aromatic heterocycles. The van der Waals surface area contributed by atoms with Crippen LogP contribution < -0.4 is 11.1 Å². The highest BCUT2D eigenvalue weighted by Gasteiger charge is 2.30. The van der Waals surface area contributed by atoms with E-state index in [1.165, 1.54) is 11.8 Å². The molecule has 1 fully saturated rings. The highest BCUT2D eigenvalue weighted by Crippen LogP contribution is 2.40. The molecule has 0 bridgehead atoms. The van der Waals surface area contributed by atoms with Gasteiger partial charge in [-0.15, -0.1) is 10.2 Å². The Kier molecular flexibility index (Phi) is 5.60. The van der Waals surface area contributed by atoms with Crippen LogP contribution in [0, 0.1) is 0 Å². The van der Waals surface area contributed by atoms with Crippen molar-refractivity contribution in [1.82, 2.24) is 14.8 Å². The molecule has 0 unspecified atom stereocenters. The highest BCUT2D eigenvalue weighted by atomic mass is 35.5. The molecule has 3 rings (SSSR count). The van der Waals surface area contributed by atoms with Crippen LogP contribution in [-0.4, -0.2) is 32.3 Å². The maximum Gasteiger partial charge on any atom is 0.234 e. The third kappa shape index (κ3) is 4.73. The number of nitrogens with one attached hydrogen (secondary N) is 1. The van der Waals surface area contributed by atoms with Gasteiger partial charge in [-0.05, 0) is 25.0 Å². The second-order valence-electron chi connectivity index (χ2n) is 5.80. The summed E-state index contributed by atoms with van der Waals surface area (Å²) in [5.41, 5.74) is 5.82. The maximum absolute atomic E-state index is 12.1. The number of carbonyl (C=O) groups is 2. The Balaban J connectivity index is 1.63. The van der Waals surface area contributed by atoms with Crippen molar-refractivity contribution in [3.8, 4) is 0 Å². The van der Waals surface area contributed by atoms with Crippen LogP contribution in [0.2, 0.25) is 5.02 Å². The quantitative estimate of drug-likeness (QED) is 0.685. The fourth-order valence-electron chi connectivity index (χ4n) is 2.36. The zero-order chi connectivity index (χ0) is 17.8. The summed E-state index contributed by atoms with van der Waals surface area (Å²) < 4.78 is 1.90. The summed E-state index contributed by atoms with van der Waals surface area (Å²) in [5, 5.41) is 12.3. The van der Waals surface area contributed by atoms with Gasteiger partial charge in [-0.25, -0.2) is 0 Å². The lowest BCUT2D eigenvalue weighted by atomic mass is 10.3. The van der Waals surface area contributed by atoms with Crippen LogP contribution >= 0.6 is 23.4 Å². The van der Waals surface area contributed by atoms with E-state index in [1.807, 2.05) is 4.57 Å². The first-order chi connectivity index (χ1) is 12.0. The lowest BCUT2D eigenvalue weighted by Gasteiger charge is -2.09. The predicted molar refractivity (Wildman–Crippen MR) is 96.6 cm³/mol. The van der Waals surface area contributed by atoms with Gasteiger partial charge in [0.25, 0.3) is 0 Å². The molecule has 7 nitrogen and oxygen atoms in total. The molecule has 1 saturated carbocycles. The van der Waals surface area contributed by atoms with E-state index < -0.39 is 0 Å². The summed E-state index contributed by atoms with van der Waals surface area (Å²) in [7, 11) is 0. The van der Waals surface area contributed by atoms with E-state index in [-0.39, 0.29) is 24.0 Å². The summed E-state index contributed by atoms with van der Waals surface area (Å²) in [5.74, 6) is 0.880. The highest BCUT2D eigenvalue weighted by molar-refractivity contribution is 7.99. The number of para-hydroxylation sites is 1. The van der Waals surface area contributed by atoms with Gasteiger partial charge < -0.3 is 15.6 Å². The summed E-state index contributed by atoms with van der Waals surface area (Å²) in [6, 6.07) is 7.06. The molecule has 1 heterocycles. The Labute approximate surface area is 154 Å². The van der Waals surface area contributed by atoms with E-state index in [9.17, 15) is 9.59 Å². The molecular weight excluding hydrogens is 362 g/mol. The molecule has 0 atom stereocenters. The number of nitrogens with zero attached hydrogens (tertiary/aromatic N) is 3. The van der Waals surface area contributed by atoms with Crippen molar-refractivity contribution in [2.24, 2.45) is 5.73 Å². The number of primary amides is 1. The Morgan fingerprint density at radius 3 is 2.76 bits per heavy atom. The third-order valence-corrected chi connectivity index (χ3v) is 5.05. The number of nitrogens with two attached hydrogens (primary N) is 1. The number of anilines is 1. The maximum atomic E-state index is 12.1. The molecule has 3 N–H and O–H groups in total. The molecule has 1 aliphatic rings. The van der Waals surface area contributed by atoms with Gasteiger partial charge in [0.1, 0.15) is 5.82 Å². The molecule has 25 heavy (non-hydrogen) atoms. The largest absolute Gasteiger partial charge is 0.370 e. The third-order valence-electron chi connectivity index (χ3n) is 3.75. The van der Waals surface area contributed by atoms with Crippen molar-refractivity contribution in [1.29, 1.82) is 0 Å². The number of amides is 2. The van der Waals surface area contributed by atoms with E-state index in [2.05, 4.69) is 15.5 Å². The number of hydrogen-bond acceptors (Lipinski definition) is 5. The van der Waals surface area contributed by atoms with Gasteiger partial charge in [0, 0.05) is 18.9 Å². The smallest absolute Gasteiger partial charge is 0.234 e. The second-order valence-corrected chi connectivity index (χ2v) is 7.15. The fourth-order valence-corrected chi connectivity index (χ4v) is 3.32. The Morgan fingerprint density at radius 1 is 1.32 bits per heavy atom. The lowest BCUT2D eigenvalue weighted by molar-refractivity contribution is -0.118. The van der Waals surface area contributed by atoms with Crippen LogP contribution in [0.3, 0.4) is 0 Å². The van der Waals surface area contributed by atoms with Gasteiger partial charge in [-0.3, -0.25) is 9.59 Å². The van der Waals surface area contributed by atoms with Gasteiger partial charge in [-0.1, -0.05) is 35.5 Å². The number of rotatable bonds is 8. The Bertz CT molecular complexity index is 791. The number of hydrogen-bond donors (Lipinski definition) is 2. The molecule has 1 aromatic carbocycles. The number of benzene rings is 1. The topological polar surface area (TPSA) is 103 Å². The minimum Gasteiger partial charge on any atom is -0.370 e. The Morgan fingerprint density at radius 2 is 2.08 bits per heavy atom. The van der Waals surface area contributed by atoms with Gasteiger partial charge in [0.15, 0.2) is 5.16 Å². The molecule has 0 aliphatic heterocycles. The molecule has 132 valence electrons. The average Bonchev–Trinajstić information content (AvgIpc) is 3.34. The summed E-state index contributed by atoms with van der Waals surface area (Å²) in [6.07, 6.45) is 2.37. The van der Waals surface area contributed by atoms with E-state index in [1.54, 1.807) is 24.3 Å². The first-order valence-corrected chi connectivity index (χ1v) is 9.29.